The number of nitrogens with zero attached hydrogens (tertiary/aromatic N) is 1. The first-order chi connectivity index (χ1) is 18.5. The minimum atomic E-state index is -3.17. The lowest BCUT2D eigenvalue weighted by Crippen LogP contribution is -2.68. The van der Waals surface area contributed by atoms with Crippen LogP contribution in [0.2, 0.25) is 0 Å². The van der Waals surface area contributed by atoms with Crippen molar-refractivity contribution in [2.45, 2.75) is 58.2 Å². The molecule has 0 atom stereocenters. The van der Waals surface area contributed by atoms with Crippen LogP contribution in [-0.2, 0) is 22.7 Å². The van der Waals surface area contributed by atoms with E-state index in [2.05, 4.69) is 5.32 Å². The van der Waals surface area contributed by atoms with Crippen molar-refractivity contribution in [2.24, 2.45) is 0 Å². The van der Waals surface area contributed by atoms with Gasteiger partial charge in [-0.3, -0.25) is 4.79 Å². The molecule has 0 spiro atoms. The van der Waals surface area contributed by atoms with Gasteiger partial charge < -0.3 is 29.5 Å². The summed E-state index contributed by atoms with van der Waals surface area (Å²) in [6.45, 7) is 5.85. The van der Waals surface area contributed by atoms with Crippen molar-refractivity contribution in [2.75, 3.05) is 26.4 Å². The molecule has 0 saturated heterocycles. The van der Waals surface area contributed by atoms with E-state index in [1.54, 1.807) is 26.0 Å². The van der Waals surface area contributed by atoms with Gasteiger partial charge in [-0.25, -0.2) is 18.4 Å². The number of carboxylic acid groups (broad SMARTS) is 1. The highest BCUT2D eigenvalue weighted by Crippen LogP contribution is 2.46. The number of rotatable bonds is 14. The van der Waals surface area contributed by atoms with Crippen LogP contribution in [0.4, 0.5) is 13.6 Å². The normalized spacial score (nSPS) is 15.1. The number of carboxylic acids is 1. The minimum absolute atomic E-state index is 0.0349. The van der Waals surface area contributed by atoms with E-state index in [1.165, 1.54) is 11.8 Å². The maximum atomic E-state index is 13.6. The van der Waals surface area contributed by atoms with Crippen LogP contribution in [-0.4, -0.2) is 65.6 Å². The number of ether oxygens (including phenoxy) is 3. The summed E-state index contributed by atoms with van der Waals surface area (Å²) in [6, 6.07) is 11.8. The molecule has 1 saturated carbocycles. The van der Waals surface area contributed by atoms with Gasteiger partial charge >= 0.3 is 12.0 Å². The number of carbonyl (C=O) groups is 3. The molecule has 2 N–H and O–H groups in total. The third-order valence-corrected chi connectivity index (χ3v) is 6.23. The van der Waals surface area contributed by atoms with Gasteiger partial charge in [0.1, 0.15) is 17.1 Å². The van der Waals surface area contributed by atoms with Crippen LogP contribution in [0, 0.1) is 0 Å². The van der Waals surface area contributed by atoms with E-state index in [0.29, 0.717) is 5.56 Å². The molecule has 0 aliphatic heterocycles. The monoisotopic (exact) mass is 548 g/mol. The predicted octanol–water partition coefficient (Wildman–Crippen LogP) is 4.67. The second-order valence-corrected chi connectivity index (χ2v) is 9.38. The van der Waals surface area contributed by atoms with Crippen molar-refractivity contribution >= 4 is 17.8 Å². The first kappa shape index (κ1) is 29.8. The van der Waals surface area contributed by atoms with Crippen molar-refractivity contribution in [3.63, 3.8) is 0 Å². The molecular formula is C28H34F2N2O7. The lowest BCUT2D eigenvalue weighted by Gasteiger charge is -2.44. The third-order valence-electron chi connectivity index (χ3n) is 6.23. The largest absolute Gasteiger partial charge is 0.493 e. The highest BCUT2D eigenvalue weighted by Gasteiger charge is 2.62. The van der Waals surface area contributed by atoms with E-state index < -0.39 is 36.3 Å². The maximum absolute atomic E-state index is 13.6. The Morgan fingerprint density at radius 3 is 2.08 bits per heavy atom. The van der Waals surface area contributed by atoms with Gasteiger partial charge in [0.2, 0.25) is 0 Å². The molecular weight excluding hydrogens is 514 g/mol. The highest BCUT2D eigenvalue weighted by molar-refractivity contribution is 5.99. The van der Waals surface area contributed by atoms with Crippen LogP contribution >= 0.6 is 0 Å². The van der Waals surface area contributed by atoms with E-state index >= 15 is 0 Å². The first-order valence-corrected chi connectivity index (χ1v) is 12.7. The standard InChI is InChI=1S/C28H34F2N2O7/c1-4-38-22-13-21(14-23(39-5-2)24(22)19(3)33)15-32(11-12-37-16-20-9-7-6-8-10-20)26(36)31-27(25(34)35)17-28(29,30)18-27/h6-10,13-14H,4-5,11-12,15-18H2,1-3H3,(H,31,36)(H,34,35). The number of benzene rings is 2. The average Bonchev–Trinajstić information content (AvgIpc) is 2.85. The number of aliphatic carboxylic acids is 1. The Labute approximate surface area is 226 Å². The fourth-order valence-electron chi connectivity index (χ4n) is 4.44. The molecule has 3 rings (SSSR count). The summed E-state index contributed by atoms with van der Waals surface area (Å²) in [5.41, 5.74) is -0.327. The van der Waals surface area contributed by atoms with Crippen LogP contribution < -0.4 is 14.8 Å². The second-order valence-electron chi connectivity index (χ2n) is 9.38. The number of carbonyl (C=O) groups excluding carboxylic acids is 2. The van der Waals surface area contributed by atoms with Gasteiger partial charge in [0.05, 0.1) is 26.4 Å². The van der Waals surface area contributed by atoms with Gasteiger partial charge in [-0.1, -0.05) is 30.3 Å². The zero-order chi connectivity index (χ0) is 28.6. The van der Waals surface area contributed by atoms with E-state index in [1.807, 2.05) is 30.3 Å². The molecule has 11 heteroatoms. The van der Waals surface area contributed by atoms with Crippen LogP contribution in [0.25, 0.3) is 0 Å². The van der Waals surface area contributed by atoms with Crippen LogP contribution in [0.1, 0.15) is 55.1 Å². The maximum Gasteiger partial charge on any atom is 0.329 e. The van der Waals surface area contributed by atoms with Gasteiger partial charge in [-0.2, -0.15) is 0 Å². The van der Waals surface area contributed by atoms with E-state index in [-0.39, 0.29) is 62.4 Å². The summed E-state index contributed by atoms with van der Waals surface area (Å²) >= 11 is 0. The SMILES string of the molecule is CCOc1cc(CN(CCOCc2ccccc2)C(=O)NC2(C(=O)O)CC(F)(F)C2)cc(OCC)c1C(C)=O. The Balaban J connectivity index is 1.84. The van der Waals surface area contributed by atoms with Crippen LogP contribution in [0.15, 0.2) is 42.5 Å². The van der Waals surface area contributed by atoms with Crippen molar-refractivity contribution in [3.8, 4) is 11.5 Å². The molecule has 1 aliphatic carbocycles. The predicted molar refractivity (Wildman–Crippen MR) is 138 cm³/mol. The van der Waals surface area contributed by atoms with Crippen molar-refractivity contribution in [1.29, 1.82) is 0 Å². The lowest BCUT2D eigenvalue weighted by molar-refractivity contribution is -0.175. The Hall–Kier alpha value is -3.73. The average molecular weight is 549 g/mol. The topological polar surface area (TPSA) is 114 Å². The molecule has 0 unspecified atom stereocenters. The second kappa shape index (κ2) is 12.9. The first-order valence-electron chi connectivity index (χ1n) is 12.7. The molecule has 39 heavy (non-hydrogen) atoms. The summed E-state index contributed by atoms with van der Waals surface area (Å²) in [5.74, 6) is -4.38. The van der Waals surface area contributed by atoms with Gasteiger partial charge in [0.15, 0.2) is 11.3 Å². The number of hydrogen-bond acceptors (Lipinski definition) is 6. The van der Waals surface area contributed by atoms with Gasteiger partial charge in [-0.05, 0) is 44.0 Å². The third kappa shape index (κ3) is 7.66. The smallest absolute Gasteiger partial charge is 0.329 e. The molecule has 2 amide bonds. The molecule has 2 aromatic rings. The molecule has 0 bridgehead atoms. The van der Waals surface area contributed by atoms with Crippen molar-refractivity contribution in [1.82, 2.24) is 10.2 Å². The Kier molecular flexibility index (Phi) is 9.85. The quantitative estimate of drug-likeness (QED) is 0.261. The number of amides is 2. The minimum Gasteiger partial charge on any atom is -0.493 e. The fourth-order valence-corrected chi connectivity index (χ4v) is 4.44. The number of ketones is 1. The molecule has 2 aromatic carbocycles. The molecule has 1 fully saturated rings. The van der Waals surface area contributed by atoms with Crippen molar-refractivity contribution in [3.05, 3.63) is 59.2 Å². The summed E-state index contributed by atoms with van der Waals surface area (Å²) in [6.07, 6.45) is -1.98. The summed E-state index contributed by atoms with van der Waals surface area (Å²) in [4.78, 5) is 38.7. The molecule has 212 valence electrons. The summed E-state index contributed by atoms with van der Waals surface area (Å²) < 4.78 is 44.3. The zero-order valence-corrected chi connectivity index (χ0v) is 22.3. The van der Waals surface area contributed by atoms with Gasteiger partial charge in [0.25, 0.3) is 5.92 Å². The highest BCUT2D eigenvalue weighted by atomic mass is 19.3. The zero-order valence-electron chi connectivity index (χ0n) is 22.3. The van der Waals surface area contributed by atoms with Gasteiger partial charge in [0, 0.05) is 25.9 Å². The number of Topliss-reactive ketones (excluding diaryl/α,β-unsaturated/α-hetero) is 1. The molecule has 1 aliphatic rings. The Bertz CT molecular complexity index is 1140. The molecule has 0 heterocycles. The molecule has 9 nitrogen and oxygen atoms in total. The number of hydrogen-bond donors (Lipinski definition) is 2. The Morgan fingerprint density at radius 2 is 1.59 bits per heavy atom. The van der Waals surface area contributed by atoms with Crippen molar-refractivity contribution < 1.29 is 42.5 Å². The number of urea groups is 1. The van der Waals surface area contributed by atoms with Crippen LogP contribution in [0.3, 0.4) is 0 Å². The van der Waals surface area contributed by atoms with Gasteiger partial charge in [-0.15, -0.1) is 0 Å². The van der Waals surface area contributed by atoms with E-state index in [4.69, 9.17) is 14.2 Å². The van der Waals surface area contributed by atoms with Crippen LogP contribution in [0.5, 0.6) is 11.5 Å². The Morgan fingerprint density at radius 1 is 1.00 bits per heavy atom. The summed E-state index contributed by atoms with van der Waals surface area (Å²) in [7, 11) is 0. The number of nitrogens with one attached hydrogen (secondary N) is 1. The summed E-state index contributed by atoms with van der Waals surface area (Å²) in [5, 5.41) is 11.9. The fraction of sp³-hybridized carbons (Fsp3) is 0.464. The molecule has 0 radical (unpaired) electrons. The lowest BCUT2D eigenvalue weighted by atomic mass is 9.73. The number of halogens is 2. The molecule has 0 aromatic heterocycles. The number of alkyl halides is 2. The van der Waals surface area contributed by atoms with E-state index in [9.17, 15) is 28.3 Å². The van der Waals surface area contributed by atoms with E-state index in [0.717, 1.165) is 5.56 Å².